The fraction of sp³-hybridized carbons (Fsp3) is 0.185. The van der Waals surface area contributed by atoms with Crippen LogP contribution in [0.5, 0.6) is 5.75 Å². The summed E-state index contributed by atoms with van der Waals surface area (Å²) in [5.74, 6) is 1.68. The molecule has 0 unspecified atom stereocenters. The Morgan fingerprint density at radius 3 is 2.12 bits per heavy atom. The number of nitrogens with one attached hydrogen (secondary N) is 2. The highest BCUT2D eigenvalue weighted by Crippen LogP contribution is 2.39. The van der Waals surface area contributed by atoms with Gasteiger partial charge in [-0.25, -0.2) is 0 Å². The lowest BCUT2D eigenvalue weighted by Crippen LogP contribution is -2.09. The molecule has 0 aliphatic heterocycles. The summed E-state index contributed by atoms with van der Waals surface area (Å²) in [4.78, 5) is 0. The van der Waals surface area contributed by atoms with Crippen molar-refractivity contribution >= 4 is 23.0 Å². The molecule has 0 radical (unpaired) electrons. The van der Waals surface area contributed by atoms with Gasteiger partial charge in [-0.15, -0.1) is 0 Å². The van der Waals surface area contributed by atoms with Crippen molar-refractivity contribution in [3.05, 3.63) is 89.8 Å². The van der Waals surface area contributed by atoms with Crippen molar-refractivity contribution in [2.45, 2.75) is 26.4 Å². The molecule has 0 saturated heterocycles. The van der Waals surface area contributed by atoms with Crippen LogP contribution in [0.2, 0.25) is 5.02 Å². The molecule has 32 heavy (non-hydrogen) atoms. The molecule has 5 heteroatoms. The topological polar surface area (TPSA) is 46.4 Å². The van der Waals surface area contributed by atoms with Gasteiger partial charge in [0, 0.05) is 33.6 Å². The number of benzene rings is 3. The second-order valence-corrected chi connectivity index (χ2v) is 8.33. The van der Waals surface area contributed by atoms with Crippen molar-refractivity contribution in [3.63, 3.8) is 0 Å². The standard InChI is InChI=1S/C27H27ClN2O2/c1-18(2)30-22-12-8-20(9-13-22)25-15-26(28)24(16-27(25)31-3)19-6-10-21(11-7-19)29-17-23-5-4-14-32-23/h4-16,18,29-30H,17H2,1-3H3. The number of furan rings is 1. The summed E-state index contributed by atoms with van der Waals surface area (Å²) in [6, 6.07) is 24.7. The molecule has 164 valence electrons. The highest BCUT2D eigenvalue weighted by Gasteiger charge is 2.13. The highest BCUT2D eigenvalue weighted by atomic mass is 35.5. The molecule has 0 spiro atoms. The normalized spacial score (nSPS) is 10.9. The Labute approximate surface area is 194 Å². The van der Waals surface area contributed by atoms with Gasteiger partial charge in [0.15, 0.2) is 0 Å². The number of rotatable bonds is 8. The Bertz CT molecular complexity index is 1150. The first-order valence-corrected chi connectivity index (χ1v) is 11.0. The minimum atomic E-state index is 0.385. The maximum Gasteiger partial charge on any atom is 0.127 e. The third kappa shape index (κ3) is 5.09. The van der Waals surface area contributed by atoms with E-state index in [0.717, 1.165) is 45.1 Å². The largest absolute Gasteiger partial charge is 0.496 e. The Hall–Kier alpha value is -3.37. The Morgan fingerprint density at radius 1 is 0.875 bits per heavy atom. The lowest BCUT2D eigenvalue weighted by Gasteiger charge is -2.15. The molecule has 0 atom stereocenters. The second-order valence-electron chi connectivity index (χ2n) is 7.92. The zero-order chi connectivity index (χ0) is 22.5. The van der Waals surface area contributed by atoms with Crippen LogP contribution in [0.4, 0.5) is 11.4 Å². The van der Waals surface area contributed by atoms with Crippen LogP contribution >= 0.6 is 11.6 Å². The van der Waals surface area contributed by atoms with Crippen LogP contribution in [0.1, 0.15) is 19.6 Å². The number of ether oxygens (including phenoxy) is 1. The molecule has 0 bridgehead atoms. The van der Waals surface area contributed by atoms with E-state index in [4.69, 9.17) is 20.8 Å². The molecule has 1 aromatic heterocycles. The lowest BCUT2D eigenvalue weighted by atomic mass is 9.98. The quantitative estimate of drug-likeness (QED) is 0.291. The minimum absolute atomic E-state index is 0.385. The number of anilines is 2. The summed E-state index contributed by atoms with van der Waals surface area (Å²) in [6.45, 7) is 4.88. The van der Waals surface area contributed by atoms with E-state index in [1.54, 1.807) is 13.4 Å². The van der Waals surface area contributed by atoms with Gasteiger partial charge in [-0.3, -0.25) is 0 Å². The lowest BCUT2D eigenvalue weighted by molar-refractivity contribution is 0.416. The average Bonchev–Trinajstić information content (AvgIpc) is 3.32. The molecule has 4 nitrogen and oxygen atoms in total. The molecule has 0 aliphatic carbocycles. The molecule has 0 saturated carbocycles. The van der Waals surface area contributed by atoms with E-state index < -0.39 is 0 Å². The predicted molar refractivity (Wildman–Crippen MR) is 134 cm³/mol. The highest BCUT2D eigenvalue weighted by molar-refractivity contribution is 6.33. The number of halogens is 1. The van der Waals surface area contributed by atoms with Crippen LogP contribution in [0.3, 0.4) is 0 Å². The van der Waals surface area contributed by atoms with Crippen molar-refractivity contribution in [2.75, 3.05) is 17.7 Å². The van der Waals surface area contributed by atoms with Crippen LogP contribution < -0.4 is 15.4 Å². The smallest absolute Gasteiger partial charge is 0.127 e. The van der Waals surface area contributed by atoms with E-state index >= 15 is 0 Å². The summed E-state index contributed by atoms with van der Waals surface area (Å²) in [5.41, 5.74) is 6.09. The van der Waals surface area contributed by atoms with Crippen LogP contribution in [-0.4, -0.2) is 13.2 Å². The zero-order valence-corrected chi connectivity index (χ0v) is 19.2. The van der Waals surface area contributed by atoms with E-state index in [9.17, 15) is 0 Å². The third-order valence-electron chi connectivity index (χ3n) is 5.18. The minimum Gasteiger partial charge on any atom is -0.496 e. The molecular formula is C27H27ClN2O2. The fourth-order valence-corrected chi connectivity index (χ4v) is 3.89. The number of hydrogen-bond donors (Lipinski definition) is 2. The van der Waals surface area contributed by atoms with Gasteiger partial charge in [0.05, 0.1) is 19.9 Å². The van der Waals surface area contributed by atoms with Crippen molar-refractivity contribution in [1.29, 1.82) is 0 Å². The van der Waals surface area contributed by atoms with Crippen LogP contribution in [-0.2, 0) is 6.54 Å². The monoisotopic (exact) mass is 446 g/mol. The van der Waals surface area contributed by atoms with Gasteiger partial charge in [-0.05, 0) is 73.5 Å². The number of hydrogen-bond acceptors (Lipinski definition) is 4. The van der Waals surface area contributed by atoms with Gasteiger partial charge >= 0.3 is 0 Å². The Morgan fingerprint density at radius 2 is 1.53 bits per heavy atom. The van der Waals surface area contributed by atoms with Crippen molar-refractivity contribution < 1.29 is 9.15 Å². The van der Waals surface area contributed by atoms with Crippen molar-refractivity contribution in [1.82, 2.24) is 0 Å². The third-order valence-corrected chi connectivity index (χ3v) is 5.50. The molecule has 0 fully saturated rings. The van der Waals surface area contributed by atoms with Crippen molar-refractivity contribution in [3.8, 4) is 28.0 Å². The Balaban J connectivity index is 1.56. The second kappa shape index (κ2) is 9.84. The SMILES string of the molecule is COc1cc(-c2ccc(NCc3ccco3)cc2)c(Cl)cc1-c1ccc(NC(C)C)cc1. The summed E-state index contributed by atoms with van der Waals surface area (Å²) >= 11 is 6.72. The van der Waals surface area contributed by atoms with E-state index in [2.05, 4.69) is 60.9 Å². The van der Waals surface area contributed by atoms with Crippen LogP contribution in [0.15, 0.2) is 83.5 Å². The maximum absolute atomic E-state index is 6.72. The predicted octanol–water partition coefficient (Wildman–Crippen LogP) is 7.71. The molecule has 1 heterocycles. The molecular weight excluding hydrogens is 420 g/mol. The van der Waals surface area contributed by atoms with E-state index in [1.807, 2.05) is 36.4 Å². The van der Waals surface area contributed by atoms with Crippen LogP contribution in [0.25, 0.3) is 22.3 Å². The molecule has 4 aromatic rings. The maximum atomic E-state index is 6.72. The van der Waals surface area contributed by atoms with Gasteiger partial charge < -0.3 is 19.8 Å². The molecule has 0 amide bonds. The van der Waals surface area contributed by atoms with Crippen LogP contribution in [0, 0.1) is 0 Å². The summed E-state index contributed by atoms with van der Waals surface area (Å²) in [6.07, 6.45) is 1.68. The van der Waals surface area contributed by atoms with E-state index in [0.29, 0.717) is 17.6 Å². The average molecular weight is 447 g/mol. The first-order chi connectivity index (χ1) is 15.5. The zero-order valence-electron chi connectivity index (χ0n) is 18.5. The van der Waals surface area contributed by atoms with Gasteiger partial charge in [-0.1, -0.05) is 35.9 Å². The van der Waals surface area contributed by atoms with Gasteiger partial charge in [0.25, 0.3) is 0 Å². The first-order valence-electron chi connectivity index (χ1n) is 10.6. The number of methoxy groups -OCH3 is 1. The van der Waals surface area contributed by atoms with E-state index in [1.165, 1.54) is 0 Å². The summed E-state index contributed by atoms with van der Waals surface area (Å²) in [5, 5.41) is 7.44. The van der Waals surface area contributed by atoms with Gasteiger partial charge in [0.1, 0.15) is 11.5 Å². The fourth-order valence-electron chi connectivity index (χ4n) is 3.62. The molecule has 0 aliphatic rings. The summed E-state index contributed by atoms with van der Waals surface area (Å²) < 4.78 is 11.1. The van der Waals surface area contributed by atoms with E-state index in [-0.39, 0.29) is 0 Å². The molecule has 2 N–H and O–H groups in total. The van der Waals surface area contributed by atoms with Gasteiger partial charge in [0.2, 0.25) is 0 Å². The Kier molecular flexibility index (Phi) is 6.72. The summed E-state index contributed by atoms with van der Waals surface area (Å²) in [7, 11) is 1.69. The first kappa shape index (κ1) is 21.8. The molecule has 4 rings (SSSR count). The molecule has 3 aromatic carbocycles. The van der Waals surface area contributed by atoms with Crippen molar-refractivity contribution in [2.24, 2.45) is 0 Å². The van der Waals surface area contributed by atoms with Gasteiger partial charge in [-0.2, -0.15) is 0 Å².